The molecule has 0 amide bonds. The van der Waals surface area contributed by atoms with Gasteiger partial charge in [0.1, 0.15) is 11.4 Å². The van der Waals surface area contributed by atoms with Gasteiger partial charge < -0.3 is 9.84 Å². The third kappa shape index (κ3) is 3.33. The molecule has 1 N–H and O–H groups in total. The number of hydrogen-bond donors (Lipinski definition) is 1. The SMILES string of the molecule is COc1ccc2nc(CCCCC[C@@H]3C[C@@H]4C[C@@H]4C3)c(O)nc2c1. The minimum absolute atomic E-state index is 0.0617. The van der Waals surface area contributed by atoms with Crippen molar-refractivity contribution in [3.05, 3.63) is 23.9 Å². The minimum Gasteiger partial charge on any atom is -0.497 e. The predicted octanol–water partition coefficient (Wildman–Crippen LogP) is 4.49. The smallest absolute Gasteiger partial charge is 0.233 e. The number of ether oxygens (including phenoxy) is 1. The molecule has 0 aliphatic heterocycles. The van der Waals surface area contributed by atoms with Crippen molar-refractivity contribution in [2.24, 2.45) is 17.8 Å². The van der Waals surface area contributed by atoms with Crippen LogP contribution in [0.15, 0.2) is 18.2 Å². The summed E-state index contributed by atoms with van der Waals surface area (Å²) in [4.78, 5) is 8.85. The molecule has 4 nitrogen and oxygen atoms in total. The van der Waals surface area contributed by atoms with Crippen molar-refractivity contribution in [2.45, 2.75) is 51.4 Å². The number of aromatic hydroxyl groups is 1. The lowest BCUT2D eigenvalue weighted by atomic mass is 9.96. The molecule has 128 valence electrons. The van der Waals surface area contributed by atoms with Gasteiger partial charge in [0, 0.05) is 6.07 Å². The highest BCUT2D eigenvalue weighted by molar-refractivity contribution is 5.76. The van der Waals surface area contributed by atoms with E-state index in [-0.39, 0.29) is 5.88 Å². The number of nitrogens with zero attached hydrogens (tertiary/aromatic N) is 2. The largest absolute Gasteiger partial charge is 0.497 e. The Hall–Kier alpha value is -1.84. The van der Waals surface area contributed by atoms with Crippen LogP contribution in [0.4, 0.5) is 0 Å². The Kier molecular flexibility index (Phi) is 4.30. The first-order valence-corrected chi connectivity index (χ1v) is 9.26. The second kappa shape index (κ2) is 6.58. The molecule has 2 fully saturated rings. The van der Waals surface area contributed by atoms with Gasteiger partial charge >= 0.3 is 0 Å². The molecule has 0 bridgehead atoms. The summed E-state index contributed by atoms with van der Waals surface area (Å²) >= 11 is 0. The van der Waals surface area contributed by atoms with Crippen LogP contribution in [0, 0.1) is 17.8 Å². The Morgan fingerprint density at radius 2 is 1.88 bits per heavy atom. The van der Waals surface area contributed by atoms with Gasteiger partial charge in [0.2, 0.25) is 5.88 Å². The fraction of sp³-hybridized carbons (Fsp3) is 0.600. The van der Waals surface area contributed by atoms with Crippen molar-refractivity contribution in [1.82, 2.24) is 9.97 Å². The summed E-state index contributed by atoms with van der Waals surface area (Å²) in [6, 6.07) is 5.58. The monoisotopic (exact) mass is 326 g/mol. The van der Waals surface area contributed by atoms with Crippen molar-refractivity contribution >= 4 is 11.0 Å². The Bertz CT molecular complexity index is 721. The second-order valence-corrected chi connectivity index (χ2v) is 7.54. The van der Waals surface area contributed by atoms with Crippen LogP contribution in [0.1, 0.15) is 50.6 Å². The second-order valence-electron chi connectivity index (χ2n) is 7.54. The van der Waals surface area contributed by atoms with Crippen molar-refractivity contribution in [3.63, 3.8) is 0 Å². The third-order valence-corrected chi connectivity index (χ3v) is 5.79. The van der Waals surface area contributed by atoms with E-state index in [9.17, 15) is 5.11 Å². The molecule has 4 heteroatoms. The number of rotatable bonds is 7. The first-order chi connectivity index (χ1) is 11.7. The zero-order valence-electron chi connectivity index (χ0n) is 14.4. The average Bonchev–Trinajstić information content (AvgIpc) is 3.20. The van der Waals surface area contributed by atoms with Crippen LogP contribution in [0.3, 0.4) is 0 Å². The Balaban J connectivity index is 1.28. The minimum atomic E-state index is 0.0617. The quantitative estimate of drug-likeness (QED) is 0.762. The van der Waals surface area contributed by atoms with Gasteiger partial charge in [0.15, 0.2) is 0 Å². The fourth-order valence-corrected chi connectivity index (χ4v) is 4.33. The van der Waals surface area contributed by atoms with Crippen molar-refractivity contribution in [1.29, 1.82) is 0 Å². The lowest BCUT2D eigenvalue weighted by Crippen LogP contribution is -1.98. The fourth-order valence-electron chi connectivity index (χ4n) is 4.33. The average molecular weight is 326 g/mol. The van der Waals surface area contributed by atoms with Gasteiger partial charge in [-0.25, -0.2) is 9.97 Å². The summed E-state index contributed by atoms with van der Waals surface area (Å²) in [5, 5.41) is 10.1. The molecule has 2 saturated carbocycles. The summed E-state index contributed by atoms with van der Waals surface area (Å²) in [7, 11) is 1.62. The highest BCUT2D eigenvalue weighted by Crippen LogP contribution is 2.55. The van der Waals surface area contributed by atoms with E-state index in [1.165, 1.54) is 38.5 Å². The molecule has 1 heterocycles. The van der Waals surface area contributed by atoms with E-state index in [4.69, 9.17) is 4.74 Å². The molecular weight excluding hydrogens is 300 g/mol. The number of benzene rings is 1. The van der Waals surface area contributed by atoms with Crippen LogP contribution in [0.5, 0.6) is 11.6 Å². The lowest BCUT2D eigenvalue weighted by Gasteiger charge is -2.11. The number of hydrogen-bond acceptors (Lipinski definition) is 4. The molecule has 0 spiro atoms. The van der Waals surface area contributed by atoms with E-state index in [1.54, 1.807) is 13.2 Å². The van der Waals surface area contributed by atoms with Crippen molar-refractivity contribution < 1.29 is 9.84 Å². The first-order valence-electron chi connectivity index (χ1n) is 9.26. The normalized spacial score (nSPS) is 25.0. The van der Waals surface area contributed by atoms with Crippen molar-refractivity contribution in [3.8, 4) is 11.6 Å². The van der Waals surface area contributed by atoms with Gasteiger partial charge in [-0.1, -0.05) is 19.3 Å². The summed E-state index contributed by atoms with van der Waals surface area (Å²) in [6.45, 7) is 0. The molecule has 3 atom stereocenters. The van der Waals surface area contributed by atoms with Crippen molar-refractivity contribution in [2.75, 3.05) is 7.11 Å². The van der Waals surface area contributed by atoms with E-state index >= 15 is 0 Å². The van der Waals surface area contributed by atoms with E-state index < -0.39 is 0 Å². The summed E-state index contributed by atoms with van der Waals surface area (Å²) in [6.07, 6.45) is 10.3. The van der Waals surface area contributed by atoms with Crippen LogP contribution in [0.25, 0.3) is 11.0 Å². The van der Waals surface area contributed by atoms with E-state index in [0.717, 1.165) is 47.6 Å². The number of unbranched alkanes of at least 4 members (excludes halogenated alkanes) is 2. The highest BCUT2D eigenvalue weighted by Gasteiger charge is 2.45. The zero-order chi connectivity index (χ0) is 16.5. The van der Waals surface area contributed by atoms with Gasteiger partial charge in [-0.15, -0.1) is 0 Å². The van der Waals surface area contributed by atoms with Gasteiger partial charge in [-0.05, 0) is 62.0 Å². The molecule has 2 aromatic rings. The highest BCUT2D eigenvalue weighted by atomic mass is 16.5. The predicted molar refractivity (Wildman–Crippen MR) is 94.2 cm³/mol. The Labute approximate surface area is 143 Å². The van der Waals surface area contributed by atoms with Crippen LogP contribution >= 0.6 is 0 Å². The van der Waals surface area contributed by atoms with Crippen LogP contribution in [0.2, 0.25) is 0 Å². The molecule has 24 heavy (non-hydrogen) atoms. The van der Waals surface area contributed by atoms with E-state index in [1.807, 2.05) is 12.1 Å². The summed E-state index contributed by atoms with van der Waals surface area (Å²) in [5.41, 5.74) is 2.21. The number of methoxy groups -OCH3 is 1. The standard InChI is InChI=1S/C20H26N2O2/c1-24-16-7-8-17-19(12-16)22-20(23)18(21-17)6-4-2-3-5-13-9-14-11-15(14)10-13/h7-8,12-15H,2-6,9-11H2,1H3,(H,22,23)/t13-,14-,15+. The van der Waals surface area contributed by atoms with Gasteiger partial charge in [0.05, 0.1) is 18.1 Å². The Morgan fingerprint density at radius 3 is 2.67 bits per heavy atom. The van der Waals surface area contributed by atoms with Gasteiger partial charge in [0.25, 0.3) is 0 Å². The molecule has 1 aromatic heterocycles. The molecular formula is C20H26N2O2. The third-order valence-electron chi connectivity index (χ3n) is 5.79. The summed E-state index contributed by atoms with van der Waals surface area (Å²) < 4.78 is 5.19. The number of aryl methyl sites for hydroxylation is 1. The molecule has 0 saturated heterocycles. The first kappa shape index (κ1) is 15.7. The molecule has 2 aliphatic carbocycles. The number of aromatic nitrogens is 2. The molecule has 1 aromatic carbocycles. The topological polar surface area (TPSA) is 55.2 Å². The molecule has 2 aliphatic rings. The van der Waals surface area contributed by atoms with Crippen LogP contribution in [-0.2, 0) is 6.42 Å². The lowest BCUT2D eigenvalue weighted by molar-refractivity contribution is 0.415. The molecule has 4 rings (SSSR count). The Morgan fingerprint density at radius 1 is 1.04 bits per heavy atom. The molecule has 0 unspecified atom stereocenters. The van der Waals surface area contributed by atoms with Crippen LogP contribution in [-0.4, -0.2) is 22.2 Å². The van der Waals surface area contributed by atoms with Crippen LogP contribution < -0.4 is 4.74 Å². The summed E-state index contributed by atoms with van der Waals surface area (Å²) in [5.74, 6) is 3.98. The van der Waals surface area contributed by atoms with E-state index in [2.05, 4.69) is 9.97 Å². The van der Waals surface area contributed by atoms with Gasteiger partial charge in [-0.2, -0.15) is 0 Å². The maximum atomic E-state index is 10.1. The zero-order valence-corrected chi connectivity index (χ0v) is 14.4. The maximum Gasteiger partial charge on any atom is 0.233 e. The molecule has 0 radical (unpaired) electrons. The number of fused-ring (bicyclic) bond motifs is 2. The van der Waals surface area contributed by atoms with Gasteiger partial charge in [-0.3, -0.25) is 0 Å². The maximum absolute atomic E-state index is 10.1. The van der Waals surface area contributed by atoms with E-state index in [0.29, 0.717) is 5.52 Å².